The maximum absolute atomic E-state index is 5.39. The zero-order chi connectivity index (χ0) is 6.53. The Labute approximate surface area is 72.6 Å². The molecule has 1 heterocycles. The average molecular weight is 183 g/mol. The van der Waals surface area contributed by atoms with Gasteiger partial charge in [-0.1, -0.05) is 11.6 Å². The van der Waals surface area contributed by atoms with Gasteiger partial charge in [-0.25, -0.2) is 0 Å². The van der Waals surface area contributed by atoms with Gasteiger partial charge in [-0.15, -0.1) is 12.4 Å². The summed E-state index contributed by atoms with van der Waals surface area (Å²) in [5.74, 6) is 0. The molecule has 4 heteroatoms. The van der Waals surface area contributed by atoms with E-state index in [9.17, 15) is 0 Å². The Morgan fingerprint density at radius 1 is 1.30 bits per heavy atom. The molecule has 0 saturated carbocycles. The molecule has 0 aromatic carbocycles. The Balaban J connectivity index is 0.000000810. The number of hydrogen-bond acceptors (Lipinski definition) is 2. The van der Waals surface area contributed by atoms with Crippen LogP contribution < -0.4 is 5.32 Å². The van der Waals surface area contributed by atoms with Crippen LogP contribution in [0.15, 0.2) is 11.7 Å². The van der Waals surface area contributed by atoms with E-state index in [1.807, 2.05) is 6.20 Å². The fourth-order valence-electron chi connectivity index (χ4n) is 0.911. The zero-order valence-electron chi connectivity index (χ0n) is 5.72. The predicted molar refractivity (Wildman–Crippen MR) is 46.7 cm³/mol. The SMILES string of the molecule is Cl.ClC=CN1CCNCC1. The molecule has 0 aromatic heterocycles. The monoisotopic (exact) mass is 182 g/mol. The Bertz CT molecular complexity index is 99.9. The molecule has 60 valence electrons. The molecule has 0 aliphatic carbocycles. The van der Waals surface area contributed by atoms with Crippen LogP contribution in [-0.2, 0) is 0 Å². The first-order chi connectivity index (χ1) is 4.43. The highest BCUT2D eigenvalue weighted by Gasteiger charge is 2.02. The van der Waals surface area contributed by atoms with Crippen LogP contribution in [0.1, 0.15) is 0 Å². The summed E-state index contributed by atoms with van der Waals surface area (Å²) in [5.41, 5.74) is 1.56. The molecule has 0 radical (unpaired) electrons. The summed E-state index contributed by atoms with van der Waals surface area (Å²) in [6.07, 6.45) is 1.92. The average Bonchev–Trinajstić information content (AvgIpc) is 1.91. The summed E-state index contributed by atoms with van der Waals surface area (Å²) < 4.78 is 0. The van der Waals surface area contributed by atoms with Gasteiger partial charge in [0.05, 0.1) is 0 Å². The minimum Gasteiger partial charge on any atom is -0.374 e. The van der Waals surface area contributed by atoms with E-state index in [1.165, 1.54) is 0 Å². The highest BCUT2D eigenvalue weighted by Crippen LogP contribution is 1.93. The fraction of sp³-hybridized carbons (Fsp3) is 0.667. The topological polar surface area (TPSA) is 15.3 Å². The van der Waals surface area contributed by atoms with Gasteiger partial charge in [0.1, 0.15) is 0 Å². The second-order valence-corrected chi connectivity index (χ2v) is 2.31. The van der Waals surface area contributed by atoms with Crippen LogP contribution in [0, 0.1) is 0 Å². The highest BCUT2D eigenvalue weighted by molar-refractivity contribution is 6.25. The molecule has 0 atom stereocenters. The summed E-state index contributed by atoms with van der Waals surface area (Å²) in [4.78, 5) is 2.20. The number of hydrogen-bond donors (Lipinski definition) is 1. The molecule has 2 nitrogen and oxygen atoms in total. The maximum atomic E-state index is 5.39. The van der Waals surface area contributed by atoms with Crippen LogP contribution in [0.5, 0.6) is 0 Å². The molecule has 1 rings (SSSR count). The first kappa shape index (κ1) is 10.1. The quantitative estimate of drug-likeness (QED) is 0.652. The van der Waals surface area contributed by atoms with Gasteiger partial charge in [0.2, 0.25) is 0 Å². The van der Waals surface area contributed by atoms with Gasteiger partial charge >= 0.3 is 0 Å². The van der Waals surface area contributed by atoms with Crippen molar-refractivity contribution >= 4 is 24.0 Å². The Kier molecular flexibility index (Phi) is 5.88. The summed E-state index contributed by atoms with van der Waals surface area (Å²) >= 11 is 5.39. The normalized spacial score (nSPS) is 19.1. The third kappa shape index (κ3) is 3.30. The van der Waals surface area contributed by atoms with Crippen molar-refractivity contribution in [3.8, 4) is 0 Å². The lowest BCUT2D eigenvalue weighted by Gasteiger charge is -2.25. The molecule has 0 spiro atoms. The van der Waals surface area contributed by atoms with Crippen molar-refractivity contribution in [3.05, 3.63) is 11.7 Å². The molecule has 1 aliphatic rings. The first-order valence-electron chi connectivity index (χ1n) is 3.15. The van der Waals surface area contributed by atoms with Gasteiger partial charge in [-0.05, 0) is 0 Å². The fourth-order valence-corrected chi connectivity index (χ4v) is 1.07. The molecule has 1 saturated heterocycles. The minimum atomic E-state index is 0. The van der Waals surface area contributed by atoms with E-state index >= 15 is 0 Å². The summed E-state index contributed by atoms with van der Waals surface area (Å²) in [6.45, 7) is 4.29. The second kappa shape index (κ2) is 5.83. The van der Waals surface area contributed by atoms with Crippen molar-refractivity contribution in [2.75, 3.05) is 26.2 Å². The van der Waals surface area contributed by atoms with Gasteiger partial charge in [0.25, 0.3) is 0 Å². The van der Waals surface area contributed by atoms with Crippen molar-refractivity contribution in [1.82, 2.24) is 10.2 Å². The zero-order valence-corrected chi connectivity index (χ0v) is 7.29. The van der Waals surface area contributed by atoms with E-state index in [0.29, 0.717) is 0 Å². The molecule has 1 fully saturated rings. The van der Waals surface area contributed by atoms with Crippen LogP contribution in [0.2, 0.25) is 0 Å². The largest absolute Gasteiger partial charge is 0.374 e. The number of nitrogens with zero attached hydrogens (tertiary/aromatic N) is 1. The van der Waals surface area contributed by atoms with Gasteiger partial charge in [0, 0.05) is 37.9 Å². The maximum Gasteiger partial charge on any atom is 0.0298 e. The standard InChI is InChI=1S/C6H11ClN2.ClH/c7-1-4-9-5-2-8-3-6-9;/h1,4,8H,2-3,5-6H2;1H. The Morgan fingerprint density at radius 2 is 1.90 bits per heavy atom. The van der Waals surface area contributed by atoms with E-state index in [2.05, 4.69) is 10.2 Å². The van der Waals surface area contributed by atoms with Crippen LogP contribution in [0.3, 0.4) is 0 Å². The predicted octanol–water partition coefficient (Wildman–Crippen LogP) is 1.02. The number of piperazine rings is 1. The molecular weight excluding hydrogens is 171 g/mol. The molecule has 0 aromatic rings. The van der Waals surface area contributed by atoms with E-state index in [0.717, 1.165) is 26.2 Å². The van der Waals surface area contributed by atoms with Gasteiger partial charge in [-0.3, -0.25) is 0 Å². The van der Waals surface area contributed by atoms with E-state index in [4.69, 9.17) is 11.6 Å². The lowest BCUT2D eigenvalue weighted by atomic mass is 10.4. The van der Waals surface area contributed by atoms with Gasteiger partial charge in [-0.2, -0.15) is 0 Å². The smallest absolute Gasteiger partial charge is 0.0298 e. The second-order valence-electron chi connectivity index (χ2n) is 2.06. The summed E-state index contributed by atoms with van der Waals surface area (Å²) in [5, 5.41) is 3.25. The highest BCUT2D eigenvalue weighted by atomic mass is 35.5. The Hall–Kier alpha value is 0.0800. The summed E-state index contributed by atoms with van der Waals surface area (Å²) in [6, 6.07) is 0. The Morgan fingerprint density at radius 3 is 2.40 bits per heavy atom. The van der Waals surface area contributed by atoms with Crippen LogP contribution in [0.4, 0.5) is 0 Å². The lowest BCUT2D eigenvalue weighted by molar-refractivity contribution is 0.324. The van der Waals surface area contributed by atoms with Crippen molar-refractivity contribution in [2.45, 2.75) is 0 Å². The van der Waals surface area contributed by atoms with Crippen LogP contribution in [0.25, 0.3) is 0 Å². The van der Waals surface area contributed by atoms with Crippen molar-refractivity contribution in [2.24, 2.45) is 0 Å². The molecule has 10 heavy (non-hydrogen) atoms. The van der Waals surface area contributed by atoms with Crippen molar-refractivity contribution < 1.29 is 0 Å². The molecule has 0 amide bonds. The molecule has 1 N–H and O–H groups in total. The minimum absolute atomic E-state index is 0. The van der Waals surface area contributed by atoms with Crippen molar-refractivity contribution in [3.63, 3.8) is 0 Å². The van der Waals surface area contributed by atoms with Gasteiger partial charge < -0.3 is 10.2 Å². The number of halogens is 2. The number of nitrogens with one attached hydrogen (secondary N) is 1. The molecule has 0 bridgehead atoms. The van der Waals surface area contributed by atoms with Crippen LogP contribution in [-0.4, -0.2) is 31.1 Å². The van der Waals surface area contributed by atoms with Crippen LogP contribution >= 0.6 is 24.0 Å². The molecular formula is C6H12Cl2N2. The summed E-state index contributed by atoms with van der Waals surface area (Å²) in [7, 11) is 0. The first-order valence-corrected chi connectivity index (χ1v) is 3.59. The number of rotatable bonds is 1. The third-order valence-corrected chi connectivity index (χ3v) is 1.53. The lowest BCUT2D eigenvalue weighted by Crippen LogP contribution is -2.40. The van der Waals surface area contributed by atoms with E-state index in [-0.39, 0.29) is 12.4 Å². The van der Waals surface area contributed by atoms with Gasteiger partial charge in [0.15, 0.2) is 0 Å². The molecule has 1 aliphatic heterocycles. The third-order valence-electron chi connectivity index (χ3n) is 1.42. The van der Waals surface area contributed by atoms with E-state index < -0.39 is 0 Å². The van der Waals surface area contributed by atoms with Crippen molar-refractivity contribution in [1.29, 1.82) is 0 Å². The van der Waals surface area contributed by atoms with E-state index in [1.54, 1.807) is 5.54 Å². The molecule has 0 unspecified atom stereocenters.